The number of halogens is 1. The lowest BCUT2D eigenvalue weighted by Gasteiger charge is -2.19. The number of rotatable bonds is 3. The van der Waals surface area contributed by atoms with Crippen LogP contribution in [-0.2, 0) is 10.0 Å². The van der Waals surface area contributed by atoms with Gasteiger partial charge >= 0.3 is 0 Å². The smallest absolute Gasteiger partial charge is 0.211 e. The molecule has 1 aromatic carbocycles. The van der Waals surface area contributed by atoms with E-state index in [1.54, 1.807) is 4.31 Å². The van der Waals surface area contributed by atoms with Crippen LogP contribution in [-0.4, -0.2) is 36.9 Å². The van der Waals surface area contributed by atoms with E-state index in [0.29, 0.717) is 17.8 Å². The van der Waals surface area contributed by atoms with E-state index in [-0.39, 0.29) is 6.04 Å². The molecular weight excluding hydrogens is 302 g/mol. The third kappa shape index (κ3) is 2.89. The van der Waals surface area contributed by atoms with Crippen molar-refractivity contribution >= 4 is 26.0 Å². The van der Waals surface area contributed by atoms with Crippen molar-refractivity contribution in [2.24, 2.45) is 0 Å². The highest BCUT2D eigenvalue weighted by atomic mass is 79.9. The van der Waals surface area contributed by atoms with Crippen LogP contribution in [0.3, 0.4) is 0 Å². The second-order valence-corrected chi connectivity index (χ2v) is 7.07. The summed E-state index contributed by atoms with van der Waals surface area (Å²) in [6.07, 6.45) is 2.18. The molecule has 1 fully saturated rings. The molecule has 0 spiro atoms. The summed E-state index contributed by atoms with van der Waals surface area (Å²) in [5, 5.41) is 0.698. The van der Waals surface area contributed by atoms with Gasteiger partial charge in [-0.05, 0) is 17.9 Å². The zero-order chi connectivity index (χ0) is 12.5. The summed E-state index contributed by atoms with van der Waals surface area (Å²) in [5.41, 5.74) is 1.23. The fourth-order valence-electron chi connectivity index (χ4n) is 2.40. The van der Waals surface area contributed by atoms with Gasteiger partial charge in [0, 0.05) is 17.9 Å². The number of hydrogen-bond donors (Lipinski definition) is 0. The molecule has 0 amide bonds. The molecule has 0 radical (unpaired) electrons. The van der Waals surface area contributed by atoms with E-state index in [2.05, 4.69) is 28.1 Å². The van der Waals surface area contributed by atoms with Crippen molar-refractivity contribution in [3.63, 3.8) is 0 Å². The third-order valence-electron chi connectivity index (χ3n) is 3.24. The first-order chi connectivity index (χ1) is 8.02. The molecule has 1 aliphatic rings. The van der Waals surface area contributed by atoms with Crippen molar-refractivity contribution < 1.29 is 8.42 Å². The molecule has 0 aliphatic carbocycles. The molecule has 2 rings (SSSR count). The summed E-state index contributed by atoms with van der Waals surface area (Å²) in [7, 11) is -3.10. The predicted octanol–water partition coefficient (Wildman–Crippen LogP) is 2.20. The van der Waals surface area contributed by atoms with Gasteiger partial charge in [-0.2, -0.15) is 4.31 Å². The molecule has 2 atom stereocenters. The molecule has 1 aromatic rings. The number of hydrogen-bond acceptors (Lipinski definition) is 2. The average molecular weight is 318 g/mol. The maximum absolute atomic E-state index is 11.7. The van der Waals surface area contributed by atoms with Crippen LogP contribution in [0.2, 0.25) is 0 Å². The largest absolute Gasteiger partial charge is 0.212 e. The molecule has 0 N–H and O–H groups in total. The summed E-state index contributed by atoms with van der Waals surface area (Å²) < 4.78 is 25.0. The monoisotopic (exact) mass is 317 g/mol. The lowest BCUT2D eigenvalue weighted by Crippen LogP contribution is -2.35. The van der Waals surface area contributed by atoms with Crippen molar-refractivity contribution in [1.29, 1.82) is 0 Å². The van der Waals surface area contributed by atoms with Gasteiger partial charge in [0.05, 0.1) is 6.26 Å². The first kappa shape index (κ1) is 13.1. The lowest BCUT2D eigenvalue weighted by atomic mass is 9.97. The molecule has 0 bridgehead atoms. The van der Waals surface area contributed by atoms with Gasteiger partial charge < -0.3 is 0 Å². The first-order valence-electron chi connectivity index (χ1n) is 5.60. The Hall–Kier alpha value is -0.390. The van der Waals surface area contributed by atoms with Gasteiger partial charge in [-0.25, -0.2) is 8.42 Å². The summed E-state index contributed by atoms with van der Waals surface area (Å²) in [6.45, 7) is 0.596. The van der Waals surface area contributed by atoms with Crippen molar-refractivity contribution in [1.82, 2.24) is 4.31 Å². The van der Waals surface area contributed by atoms with E-state index in [4.69, 9.17) is 0 Å². The van der Waals surface area contributed by atoms with Gasteiger partial charge in [0.15, 0.2) is 0 Å². The Morgan fingerprint density at radius 3 is 2.47 bits per heavy atom. The highest BCUT2D eigenvalue weighted by Gasteiger charge is 2.37. The Morgan fingerprint density at radius 1 is 1.35 bits per heavy atom. The second-order valence-electron chi connectivity index (χ2n) is 4.48. The molecule has 1 aliphatic heterocycles. The highest BCUT2D eigenvalue weighted by molar-refractivity contribution is 9.09. The van der Waals surface area contributed by atoms with Crippen LogP contribution in [0.4, 0.5) is 0 Å². The minimum absolute atomic E-state index is 0.0789. The highest BCUT2D eigenvalue weighted by Crippen LogP contribution is 2.33. The van der Waals surface area contributed by atoms with Crippen molar-refractivity contribution in [2.75, 3.05) is 18.1 Å². The molecule has 1 heterocycles. The van der Waals surface area contributed by atoms with Crippen molar-refractivity contribution in [3.8, 4) is 0 Å². The Labute approximate surface area is 111 Å². The molecule has 3 nitrogen and oxygen atoms in total. The molecule has 94 valence electrons. The van der Waals surface area contributed by atoms with E-state index >= 15 is 0 Å². The van der Waals surface area contributed by atoms with Crippen LogP contribution >= 0.6 is 15.9 Å². The number of alkyl halides is 1. The molecule has 0 unspecified atom stereocenters. The van der Waals surface area contributed by atoms with Crippen LogP contribution in [0, 0.1) is 0 Å². The van der Waals surface area contributed by atoms with E-state index in [9.17, 15) is 8.42 Å². The van der Waals surface area contributed by atoms with Crippen LogP contribution in [0.25, 0.3) is 0 Å². The van der Waals surface area contributed by atoms with Gasteiger partial charge in [0.1, 0.15) is 0 Å². The normalized spacial score (nSPS) is 26.2. The van der Waals surface area contributed by atoms with Crippen LogP contribution < -0.4 is 0 Å². The molecule has 5 heteroatoms. The Morgan fingerprint density at radius 2 is 2.00 bits per heavy atom. The minimum Gasteiger partial charge on any atom is -0.212 e. The van der Waals surface area contributed by atoms with Crippen LogP contribution in [0.15, 0.2) is 30.3 Å². The topological polar surface area (TPSA) is 37.4 Å². The zero-order valence-electron chi connectivity index (χ0n) is 9.71. The van der Waals surface area contributed by atoms with E-state index in [1.807, 2.05) is 18.2 Å². The molecular formula is C12H16BrNO2S. The van der Waals surface area contributed by atoms with Gasteiger partial charge in [-0.15, -0.1) is 0 Å². The summed E-state index contributed by atoms with van der Waals surface area (Å²) in [6, 6.07) is 10.2. The van der Waals surface area contributed by atoms with Crippen LogP contribution in [0.1, 0.15) is 17.9 Å². The Balaban J connectivity index is 2.21. The predicted molar refractivity (Wildman–Crippen MR) is 72.9 cm³/mol. The maximum Gasteiger partial charge on any atom is 0.211 e. The third-order valence-corrected chi connectivity index (χ3v) is 5.29. The summed E-state index contributed by atoms with van der Waals surface area (Å²) in [5.74, 6) is 0.313. The Kier molecular flexibility index (Phi) is 3.90. The molecule has 0 saturated carbocycles. The van der Waals surface area contributed by atoms with Gasteiger partial charge in [0.2, 0.25) is 10.0 Å². The average Bonchev–Trinajstić information content (AvgIpc) is 2.74. The summed E-state index contributed by atoms with van der Waals surface area (Å²) >= 11 is 3.40. The number of benzene rings is 1. The van der Waals surface area contributed by atoms with Gasteiger partial charge in [0.25, 0.3) is 0 Å². The van der Waals surface area contributed by atoms with E-state index < -0.39 is 10.0 Å². The van der Waals surface area contributed by atoms with Crippen molar-refractivity contribution in [2.45, 2.75) is 18.4 Å². The van der Waals surface area contributed by atoms with Crippen molar-refractivity contribution in [3.05, 3.63) is 35.9 Å². The Bertz CT molecular complexity index is 475. The second kappa shape index (κ2) is 5.08. The fourth-order valence-corrected chi connectivity index (χ4v) is 4.36. The minimum atomic E-state index is -3.10. The zero-order valence-corrected chi connectivity index (χ0v) is 12.1. The molecule has 17 heavy (non-hydrogen) atoms. The quantitative estimate of drug-likeness (QED) is 0.801. The molecule has 0 aromatic heterocycles. The fraction of sp³-hybridized carbons (Fsp3) is 0.500. The number of nitrogens with zero attached hydrogens (tertiary/aromatic N) is 1. The number of sulfonamides is 1. The lowest BCUT2D eigenvalue weighted by molar-refractivity contribution is 0.416. The summed E-state index contributed by atoms with van der Waals surface area (Å²) in [4.78, 5) is 0. The SMILES string of the molecule is CS(=O)(=O)N1C[C@H](c2ccccc2)C[C@@H]1CBr. The standard InChI is InChI=1S/C12H16BrNO2S/c1-17(15,16)14-9-11(7-12(14)8-13)10-5-3-2-4-6-10/h2-6,11-12H,7-9H2,1H3/t11-,12-/m1/s1. The van der Waals surface area contributed by atoms with Gasteiger partial charge in [-0.1, -0.05) is 46.3 Å². The first-order valence-corrected chi connectivity index (χ1v) is 8.57. The van der Waals surface area contributed by atoms with Gasteiger partial charge in [-0.3, -0.25) is 0 Å². The molecule has 1 saturated heterocycles. The van der Waals surface area contributed by atoms with E-state index in [1.165, 1.54) is 11.8 Å². The maximum atomic E-state index is 11.7. The van der Waals surface area contributed by atoms with E-state index in [0.717, 1.165) is 6.42 Å². The van der Waals surface area contributed by atoms with Crippen LogP contribution in [0.5, 0.6) is 0 Å².